The molecule has 0 aliphatic heterocycles. The lowest BCUT2D eigenvalue weighted by atomic mass is 10.0. The van der Waals surface area contributed by atoms with Crippen molar-refractivity contribution in [3.8, 4) is 22.4 Å². The molecule has 0 saturated heterocycles. The molecule has 0 radical (unpaired) electrons. The molecule has 0 atom stereocenters. The van der Waals surface area contributed by atoms with Crippen molar-refractivity contribution >= 4 is 11.0 Å². The van der Waals surface area contributed by atoms with Crippen molar-refractivity contribution in [1.29, 1.82) is 0 Å². The van der Waals surface area contributed by atoms with Gasteiger partial charge in [-0.05, 0) is 37.6 Å². The number of H-pyrrole nitrogens is 1. The molecule has 1 N–H and O–H groups in total. The molecule has 0 aliphatic rings. The molecule has 0 fully saturated rings. The largest absolute Gasteiger partial charge is 0.328 e. The second kappa shape index (κ2) is 5.77. The first-order valence-corrected chi connectivity index (χ1v) is 8.40. The van der Waals surface area contributed by atoms with Gasteiger partial charge in [-0.15, -0.1) is 0 Å². The molecule has 126 valence electrons. The van der Waals surface area contributed by atoms with E-state index in [0.717, 1.165) is 33.4 Å². The van der Waals surface area contributed by atoms with Crippen LogP contribution in [-0.4, -0.2) is 19.3 Å². The van der Waals surface area contributed by atoms with Gasteiger partial charge in [-0.1, -0.05) is 29.8 Å². The van der Waals surface area contributed by atoms with E-state index < -0.39 is 0 Å². The van der Waals surface area contributed by atoms with Crippen LogP contribution in [0.5, 0.6) is 0 Å². The Balaban J connectivity index is 1.91. The summed E-state index contributed by atoms with van der Waals surface area (Å²) in [4.78, 5) is 12.4. The van der Waals surface area contributed by atoms with E-state index in [2.05, 4.69) is 47.5 Å². The van der Waals surface area contributed by atoms with Crippen LogP contribution >= 0.6 is 0 Å². The molecule has 5 heteroatoms. The minimum absolute atomic E-state index is 0.0146. The molecule has 2 aromatic heterocycles. The molecule has 2 heterocycles. The summed E-state index contributed by atoms with van der Waals surface area (Å²) < 4.78 is 3.49. The third kappa shape index (κ3) is 2.39. The predicted molar refractivity (Wildman–Crippen MR) is 101 cm³/mol. The van der Waals surface area contributed by atoms with Gasteiger partial charge in [0.1, 0.15) is 0 Å². The molecule has 0 unspecified atom stereocenters. The Morgan fingerprint density at radius 1 is 1.08 bits per heavy atom. The maximum absolute atomic E-state index is 12.4. The fourth-order valence-electron chi connectivity index (χ4n) is 3.40. The molecule has 25 heavy (non-hydrogen) atoms. The summed E-state index contributed by atoms with van der Waals surface area (Å²) in [7, 11) is 1.82. The minimum atomic E-state index is 0.0146. The lowest BCUT2D eigenvalue weighted by Gasteiger charge is -2.05. The summed E-state index contributed by atoms with van der Waals surface area (Å²) in [5.41, 5.74) is 7.18. The number of benzene rings is 2. The van der Waals surface area contributed by atoms with Gasteiger partial charge in [-0.3, -0.25) is 14.2 Å². The maximum Gasteiger partial charge on any atom is 0.328 e. The molecule has 4 aromatic rings. The molecule has 5 nitrogen and oxygen atoms in total. The van der Waals surface area contributed by atoms with Crippen LogP contribution in [0.15, 0.2) is 53.5 Å². The predicted octanol–water partition coefficient (Wildman–Crippen LogP) is 3.73. The van der Waals surface area contributed by atoms with E-state index in [1.54, 1.807) is 9.13 Å². The Morgan fingerprint density at radius 3 is 2.68 bits per heavy atom. The quantitative estimate of drug-likeness (QED) is 0.621. The molecule has 0 saturated carbocycles. The fraction of sp³-hybridized carbons (Fsp3) is 0.200. The molecular weight excluding hydrogens is 312 g/mol. The molecule has 0 bridgehead atoms. The smallest absolute Gasteiger partial charge is 0.295 e. The molecule has 0 amide bonds. The Kier molecular flexibility index (Phi) is 3.57. The van der Waals surface area contributed by atoms with Gasteiger partial charge < -0.3 is 0 Å². The second-order valence-electron chi connectivity index (χ2n) is 6.31. The van der Waals surface area contributed by atoms with E-state index >= 15 is 0 Å². The number of aryl methyl sites for hydroxylation is 3. The van der Waals surface area contributed by atoms with Crippen molar-refractivity contribution in [2.24, 2.45) is 7.05 Å². The summed E-state index contributed by atoms with van der Waals surface area (Å²) in [5.74, 6) is 0. The first-order chi connectivity index (χ1) is 12.1. The number of imidazole rings is 1. The highest BCUT2D eigenvalue weighted by Gasteiger charge is 2.14. The zero-order chi connectivity index (χ0) is 17.6. The normalized spacial score (nSPS) is 11.3. The van der Waals surface area contributed by atoms with Crippen LogP contribution in [0, 0.1) is 6.92 Å². The van der Waals surface area contributed by atoms with E-state index in [4.69, 9.17) is 0 Å². The monoisotopic (exact) mass is 332 g/mol. The number of rotatable bonds is 3. The van der Waals surface area contributed by atoms with Crippen LogP contribution in [0.4, 0.5) is 0 Å². The van der Waals surface area contributed by atoms with E-state index in [9.17, 15) is 4.79 Å². The van der Waals surface area contributed by atoms with Crippen LogP contribution in [0.25, 0.3) is 33.4 Å². The number of nitrogens with zero attached hydrogens (tertiary/aromatic N) is 3. The Hall–Kier alpha value is -3.08. The minimum Gasteiger partial charge on any atom is -0.295 e. The van der Waals surface area contributed by atoms with Crippen molar-refractivity contribution in [3.63, 3.8) is 0 Å². The van der Waals surface area contributed by atoms with Crippen molar-refractivity contribution < 1.29 is 0 Å². The Labute approximate surface area is 145 Å². The van der Waals surface area contributed by atoms with Crippen molar-refractivity contribution in [2.45, 2.75) is 20.4 Å². The van der Waals surface area contributed by atoms with Gasteiger partial charge in [0.05, 0.1) is 16.7 Å². The SMILES string of the molecule is CCn1c(=O)n(C)c2cc(-c3c[nH]nc3-c3cccc(C)c3)ccc21. The number of hydrogen-bond acceptors (Lipinski definition) is 2. The summed E-state index contributed by atoms with van der Waals surface area (Å²) >= 11 is 0. The van der Waals surface area contributed by atoms with Crippen molar-refractivity contribution in [3.05, 3.63) is 64.7 Å². The molecule has 0 aliphatic carbocycles. The highest BCUT2D eigenvalue weighted by atomic mass is 16.1. The van der Waals surface area contributed by atoms with Crippen LogP contribution in [0.2, 0.25) is 0 Å². The van der Waals surface area contributed by atoms with Crippen molar-refractivity contribution in [2.75, 3.05) is 0 Å². The lowest BCUT2D eigenvalue weighted by molar-refractivity contribution is 0.712. The number of fused-ring (bicyclic) bond motifs is 1. The average molecular weight is 332 g/mol. The number of hydrogen-bond donors (Lipinski definition) is 1. The second-order valence-corrected chi connectivity index (χ2v) is 6.31. The van der Waals surface area contributed by atoms with E-state index in [-0.39, 0.29) is 5.69 Å². The number of aromatic nitrogens is 4. The van der Waals surface area contributed by atoms with Gasteiger partial charge in [0, 0.05) is 30.9 Å². The molecule has 4 rings (SSSR count). The summed E-state index contributed by atoms with van der Waals surface area (Å²) in [5, 5.41) is 7.43. The van der Waals surface area contributed by atoms with Crippen LogP contribution in [0.3, 0.4) is 0 Å². The topological polar surface area (TPSA) is 55.6 Å². The van der Waals surface area contributed by atoms with Gasteiger partial charge in [0.2, 0.25) is 0 Å². The number of aromatic amines is 1. The maximum atomic E-state index is 12.4. The fourth-order valence-corrected chi connectivity index (χ4v) is 3.40. The van der Waals surface area contributed by atoms with Gasteiger partial charge in [0.25, 0.3) is 0 Å². The standard InChI is InChI=1S/C20H20N4O/c1-4-24-17-9-8-14(11-18(17)23(3)20(24)25)16-12-21-22-19(16)15-7-5-6-13(2)10-15/h5-12H,4H2,1-3H3,(H,21,22). The van der Waals surface area contributed by atoms with Crippen LogP contribution in [0.1, 0.15) is 12.5 Å². The highest BCUT2D eigenvalue weighted by Crippen LogP contribution is 2.32. The Bertz CT molecular complexity index is 1130. The van der Waals surface area contributed by atoms with E-state index in [0.29, 0.717) is 6.54 Å². The van der Waals surface area contributed by atoms with Gasteiger partial charge in [0.15, 0.2) is 0 Å². The Morgan fingerprint density at radius 2 is 1.92 bits per heavy atom. The average Bonchev–Trinajstić information content (AvgIpc) is 3.19. The summed E-state index contributed by atoms with van der Waals surface area (Å²) in [6.07, 6.45) is 1.91. The van der Waals surface area contributed by atoms with Crippen molar-refractivity contribution in [1.82, 2.24) is 19.3 Å². The third-order valence-corrected chi connectivity index (χ3v) is 4.70. The van der Waals surface area contributed by atoms with E-state index in [1.807, 2.05) is 32.3 Å². The first kappa shape index (κ1) is 15.4. The highest BCUT2D eigenvalue weighted by molar-refractivity contribution is 5.87. The molecule has 2 aromatic carbocycles. The zero-order valence-electron chi connectivity index (χ0n) is 14.6. The van der Waals surface area contributed by atoms with E-state index in [1.165, 1.54) is 5.56 Å². The third-order valence-electron chi connectivity index (χ3n) is 4.70. The summed E-state index contributed by atoms with van der Waals surface area (Å²) in [6, 6.07) is 14.4. The molecular formula is C20H20N4O. The van der Waals surface area contributed by atoms with Gasteiger partial charge >= 0.3 is 5.69 Å². The van der Waals surface area contributed by atoms with Crippen LogP contribution < -0.4 is 5.69 Å². The zero-order valence-corrected chi connectivity index (χ0v) is 14.6. The summed E-state index contributed by atoms with van der Waals surface area (Å²) in [6.45, 7) is 4.72. The lowest BCUT2D eigenvalue weighted by Crippen LogP contribution is -2.21. The molecule has 0 spiro atoms. The van der Waals surface area contributed by atoms with Gasteiger partial charge in [-0.2, -0.15) is 5.10 Å². The van der Waals surface area contributed by atoms with Gasteiger partial charge in [-0.25, -0.2) is 4.79 Å². The number of nitrogens with one attached hydrogen (secondary N) is 1. The van der Waals surface area contributed by atoms with Crippen LogP contribution in [-0.2, 0) is 13.6 Å². The first-order valence-electron chi connectivity index (χ1n) is 8.40.